The Labute approximate surface area is 169 Å². The molecule has 0 fully saturated rings. The van der Waals surface area contributed by atoms with Gasteiger partial charge in [0.1, 0.15) is 5.00 Å². The van der Waals surface area contributed by atoms with Gasteiger partial charge in [-0.2, -0.15) is 0 Å². The minimum atomic E-state index is -0.989. The number of rotatable bonds is 5. The van der Waals surface area contributed by atoms with E-state index in [4.69, 9.17) is 4.74 Å². The van der Waals surface area contributed by atoms with Crippen molar-refractivity contribution in [2.45, 2.75) is 54.6 Å². The van der Waals surface area contributed by atoms with Gasteiger partial charge in [-0.05, 0) is 58.2 Å². The molecule has 0 saturated carbocycles. The molecule has 1 aromatic carbocycles. The molecule has 0 radical (unpaired) electrons. The third-order valence-corrected chi connectivity index (χ3v) is 5.58. The first-order chi connectivity index (χ1) is 13.0. The Morgan fingerprint density at radius 2 is 1.57 bits per heavy atom. The Morgan fingerprint density at radius 3 is 2.11 bits per heavy atom. The first kappa shape index (κ1) is 21.6. The Bertz CT molecular complexity index is 923. The molecular formula is C21H26N2O4S. The van der Waals surface area contributed by atoms with Gasteiger partial charge in [0.05, 0.1) is 5.56 Å². The van der Waals surface area contributed by atoms with Crippen molar-refractivity contribution in [3.8, 4) is 0 Å². The zero-order valence-electron chi connectivity index (χ0n) is 17.3. The number of esters is 1. The molecule has 2 rings (SSSR count). The van der Waals surface area contributed by atoms with Gasteiger partial charge in [0.2, 0.25) is 5.91 Å². The quantitative estimate of drug-likeness (QED) is 0.725. The van der Waals surface area contributed by atoms with Crippen LogP contribution in [0.25, 0.3) is 0 Å². The highest BCUT2D eigenvalue weighted by Crippen LogP contribution is 2.33. The molecule has 0 aliphatic rings. The van der Waals surface area contributed by atoms with Gasteiger partial charge in [-0.1, -0.05) is 17.7 Å². The van der Waals surface area contributed by atoms with E-state index in [-0.39, 0.29) is 5.91 Å². The van der Waals surface area contributed by atoms with E-state index < -0.39 is 18.0 Å². The molecule has 0 aliphatic heterocycles. The second kappa shape index (κ2) is 8.56. The first-order valence-electron chi connectivity index (χ1n) is 8.98. The molecule has 1 aromatic heterocycles. The molecular weight excluding hydrogens is 376 g/mol. The van der Waals surface area contributed by atoms with Crippen LogP contribution in [0.3, 0.4) is 0 Å². The Hall–Kier alpha value is -2.67. The molecule has 1 atom stereocenters. The van der Waals surface area contributed by atoms with E-state index in [2.05, 4.69) is 10.6 Å². The number of amides is 2. The number of hydrogen-bond donors (Lipinski definition) is 2. The third-order valence-electron chi connectivity index (χ3n) is 4.46. The van der Waals surface area contributed by atoms with E-state index in [1.54, 1.807) is 6.92 Å². The van der Waals surface area contributed by atoms with Crippen LogP contribution in [0.5, 0.6) is 0 Å². The SMILES string of the molecule is CC(=O)Nc1sc(C)c(C)c1C(=O)OC(C)C(=O)Nc1c(C)cc(C)cc1C. The van der Waals surface area contributed by atoms with E-state index in [1.807, 2.05) is 39.8 Å². The fourth-order valence-corrected chi connectivity index (χ4v) is 4.09. The maximum Gasteiger partial charge on any atom is 0.342 e. The number of aryl methyl sites for hydroxylation is 4. The molecule has 7 heteroatoms. The number of ether oxygens (including phenoxy) is 1. The Balaban J connectivity index is 2.17. The number of anilines is 2. The molecule has 150 valence electrons. The molecule has 1 unspecified atom stereocenters. The number of carbonyl (C=O) groups excluding carboxylic acids is 3. The summed E-state index contributed by atoms with van der Waals surface area (Å²) < 4.78 is 5.39. The van der Waals surface area contributed by atoms with Crippen LogP contribution in [0.2, 0.25) is 0 Å². The largest absolute Gasteiger partial charge is 0.449 e. The minimum absolute atomic E-state index is 0.272. The zero-order valence-corrected chi connectivity index (χ0v) is 18.1. The van der Waals surface area contributed by atoms with E-state index in [9.17, 15) is 14.4 Å². The van der Waals surface area contributed by atoms with E-state index in [0.717, 1.165) is 32.8 Å². The van der Waals surface area contributed by atoms with Crippen LogP contribution in [-0.2, 0) is 14.3 Å². The van der Waals surface area contributed by atoms with Gasteiger partial charge >= 0.3 is 5.97 Å². The summed E-state index contributed by atoms with van der Waals surface area (Å²) in [6, 6.07) is 3.97. The molecule has 2 N–H and O–H groups in total. The molecule has 0 aliphatic carbocycles. The second-order valence-electron chi connectivity index (χ2n) is 6.98. The summed E-state index contributed by atoms with van der Waals surface area (Å²) in [5.41, 5.74) is 4.75. The van der Waals surface area contributed by atoms with E-state index in [0.29, 0.717) is 10.6 Å². The van der Waals surface area contributed by atoms with Crippen molar-refractivity contribution in [3.05, 3.63) is 44.8 Å². The van der Waals surface area contributed by atoms with Crippen LogP contribution in [0, 0.1) is 34.6 Å². The summed E-state index contributed by atoms with van der Waals surface area (Å²) >= 11 is 1.31. The maximum atomic E-state index is 12.7. The van der Waals surface area contributed by atoms with Crippen molar-refractivity contribution in [1.82, 2.24) is 0 Å². The lowest BCUT2D eigenvalue weighted by Gasteiger charge is -2.17. The fraction of sp³-hybridized carbons (Fsp3) is 0.381. The van der Waals surface area contributed by atoms with E-state index in [1.165, 1.54) is 25.2 Å². The average molecular weight is 403 g/mol. The standard InChI is InChI=1S/C21H26N2O4S/c1-10-8-11(2)18(12(3)9-10)23-19(25)14(5)27-21(26)17-13(4)15(6)28-20(17)22-16(7)24/h8-9,14H,1-7H3,(H,22,24)(H,23,25). The average Bonchev–Trinajstić information content (AvgIpc) is 2.83. The lowest BCUT2D eigenvalue weighted by atomic mass is 10.0. The fourth-order valence-electron chi connectivity index (χ4n) is 3.00. The normalized spacial score (nSPS) is 11.7. The summed E-state index contributed by atoms with van der Waals surface area (Å²) in [7, 11) is 0. The van der Waals surface area contributed by atoms with Crippen LogP contribution in [-0.4, -0.2) is 23.9 Å². The van der Waals surface area contributed by atoms with Gasteiger partial charge < -0.3 is 15.4 Å². The van der Waals surface area contributed by atoms with Crippen molar-refractivity contribution in [2.75, 3.05) is 10.6 Å². The van der Waals surface area contributed by atoms with Crippen molar-refractivity contribution in [1.29, 1.82) is 0 Å². The molecule has 0 bridgehead atoms. The summed E-state index contributed by atoms with van der Waals surface area (Å²) in [6.45, 7) is 12.4. The van der Waals surface area contributed by atoms with Gasteiger partial charge in [-0.25, -0.2) is 4.79 Å². The number of hydrogen-bond acceptors (Lipinski definition) is 5. The number of thiophene rings is 1. The van der Waals surface area contributed by atoms with Crippen LogP contribution in [0.1, 0.15) is 51.3 Å². The lowest BCUT2D eigenvalue weighted by Crippen LogP contribution is -2.30. The highest BCUT2D eigenvalue weighted by molar-refractivity contribution is 7.16. The van der Waals surface area contributed by atoms with Gasteiger partial charge in [0, 0.05) is 17.5 Å². The second-order valence-corrected chi connectivity index (χ2v) is 8.20. The summed E-state index contributed by atoms with van der Waals surface area (Å²) in [6.07, 6.45) is -0.989. The molecule has 6 nitrogen and oxygen atoms in total. The smallest absolute Gasteiger partial charge is 0.342 e. The summed E-state index contributed by atoms with van der Waals surface area (Å²) in [4.78, 5) is 37.6. The van der Waals surface area contributed by atoms with Crippen molar-refractivity contribution in [3.63, 3.8) is 0 Å². The number of benzene rings is 1. The third kappa shape index (κ3) is 4.78. The number of carbonyl (C=O) groups is 3. The Kier molecular flexibility index (Phi) is 6.61. The zero-order chi connectivity index (χ0) is 21.2. The van der Waals surface area contributed by atoms with Crippen LogP contribution in [0.15, 0.2) is 12.1 Å². The Morgan fingerprint density at radius 1 is 1.00 bits per heavy atom. The van der Waals surface area contributed by atoms with Crippen LogP contribution < -0.4 is 10.6 Å². The first-order valence-corrected chi connectivity index (χ1v) is 9.80. The molecule has 2 aromatic rings. The minimum Gasteiger partial charge on any atom is -0.449 e. The molecule has 28 heavy (non-hydrogen) atoms. The highest BCUT2D eigenvalue weighted by atomic mass is 32.1. The summed E-state index contributed by atoms with van der Waals surface area (Å²) in [5, 5.41) is 5.94. The van der Waals surface area contributed by atoms with Crippen molar-refractivity contribution in [2.24, 2.45) is 0 Å². The monoisotopic (exact) mass is 402 g/mol. The van der Waals surface area contributed by atoms with Gasteiger partial charge in [0.25, 0.3) is 5.91 Å². The predicted octanol–water partition coefficient (Wildman–Crippen LogP) is 4.43. The van der Waals surface area contributed by atoms with Crippen LogP contribution in [0.4, 0.5) is 10.7 Å². The maximum absolute atomic E-state index is 12.7. The van der Waals surface area contributed by atoms with Crippen molar-refractivity contribution >= 4 is 39.8 Å². The number of nitrogens with one attached hydrogen (secondary N) is 2. The van der Waals surface area contributed by atoms with Gasteiger partial charge in [-0.3, -0.25) is 9.59 Å². The van der Waals surface area contributed by atoms with Crippen LogP contribution >= 0.6 is 11.3 Å². The van der Waals surface area contributed by atoms with E-state index >= 15 is 0 Å². The summed E-state index contributed by atoms with van der Waals surface area (Å²) in [5.74, 6) is -1.31. The molecule has 0 saturated heterocycles. The molecule has 1 heterocycles. The topological polar surface area (TPSA) is 84.5 Å². The lowest BCUT2D eigenvalue weighted by molar-refractivity contribution is -0.123. The predicted molar refractivity (Wildman–Crippen MR) is 112 cm³/mol. The van der Waals surface area contributed by atoms with Crippen molar-refractivity contribution < 1.29 is 19.1 Å². The highest BCUT2D eigenvalue weighted by Gasteiger charge is 2.26. The molecule has 0 spiro atoms. The van der Waals surface area contributed by atoms with Gasteiger partial charge in [-0.15, -0.1) is 11.3 Å². The van der Waals surface area contributed by atoms with Gasteiger partial charge in [0.15, 0.2) is 6.10 Å². The molecule has 2 amide bonds.